The second kappa shape index (κ2) is 8.93. The first-order chi connectivity index (χ1) is 13.4. The Morgan fingerprint density at radius 3 is 2.61 bits per heavy atom. The maximum atomic E-state index is 14.1. The van der Waals surface area contributed by atoms with Crippen molar-refractivity contribution < 1.29 is 22.7 Å². The van der Waals surface area contributed by atoms with E-state index in [1.165, 1.54) is 18.2 Å². The fourth-order valence-electron chi connectivity index (χ4n) is 3.00. The van der Waals surface area contributed by atoms with E-state index in [1.807, 2.05) is 11.0 Å². The van der Waals surface area contributed by atoms with Crippen molar-refractivity contribution in [2.24, 2.45) is 0 Å². The molecule has 1 aliphatic rings. The van der Waals surface area contributed by atoms with Gasteiger partial charge in [0.1, 0.15) is 17.5 Å². The smallest absolute Gasteiger partial charge is 0.244 e. The van der Waals surface area contributed by atoms with Crippen molar-refractivity contribution in [3.05, 3.63) is 71.1 Å². The predicted octanol–water partition coefficient (Wildman–Crippen LogP) is 3.83. The molecule has 1 N–H and O–H groups in total. The van der Waals surface area contributed by atoms with Crippen LogP contribution in [0.4, 0.5) is 18.9 Å². The lowest BCUT2D eigenvalue weighted by molar-refractivity contribution is -0.117. The number of hydrogen-bond donors (Lipinski definition) is 1. The minimum atomic E-state index is -0.626. The number of amides is 1. The van der Waals surface area contributed by atoms with Gasteiger partial charge in [0.25, 0.3) is 0 Å². The third-order valence-electron chi connectivity index (χ3n) is 4.51. The number of carbonyl (C=O) groups excluding carboxylic acids is 1. The third kappa shape index (κ3) is 5.13. The lowest BCUT2D eigenvalue weighted by Crippen LogP contribution is -2.36. The van der Waals surface area contributed by atoms with Crippen LogP contribution in [0.25, 0.3) is 6.08 Å². The van der Waals surface area contributed by atoms with Gasteiger partial charge in [-0.05, 0) is 55.0 Å². The van der Waals surface area contributed by atoms with Crippen LogP contribution in [0.1, 0.15) is 24.1 Å². The van der Waals surface area contributed by atoms with Crippen LogP contribution in [0, 0.1) is 17.5 Å². The normalized spacial score (nSPS) is 15.6. The highest BCUT2D eigenvalue weighted by Gasteiger charge is 2.16. The van der Waals surface area contributed by atoms with Gasteiger partial charge in [-0.15, -0.1) is 0 Å². The van der Waals surface area contributed by atoms with Crippen LogP contribution in [-0.4, -0.2) is 32.2 Å². The number of benzene rings is 2. The number of morpholine rings is 1. The van der Waals surface area contributed by atoms with E-state index in [-0.39, 0.29) is 5.56 Å². The van der Waals surface area contributed by atoms with E-state index < -0.39 is 29.4 Å². The molecule has 1 saturated heterocycles. The molecule has 0 aliphatic carbocycles. The van der Waals surface area contributed by atoms with Crippen LogP contribution in [0.2, 0.25) is 0 Å². The van der Waals surface area contributed by atoms with Gasteiger partial charge in [0.2, 0.25) is 5.91 Å². The zero-order chi connectivity index (χ0) is 20.1. The Bertz CT molecular complexity index is 880. The van der Waals surface area contributed by atoms with E-state index in [9.17, 15) is 18.0 Å². The number of anilines is 1. The molecule has 1 atom stereocenters. The molecule has 3 rings (SSSR count). The first-order valence-electron chi connectivity index (χ1n) is 8.99. The number of rotatable bonds is 5. The number of nitrogens with one attached hydrogen (secondary N) is 1. The minimum absolute atomic E-state index is 0.0248. The van der Waals surface area contributed by atoms with E-state index >= 15 is 0 Å². The molecule has 28 heavy (non-hydrogen) atoms. The first-order valence-corrected chi connectivity index (χ1v) is 8.99. The molecule has 1 amide bonds. The molecule has 0 radical (unpaired) electrons. The molecule has 1 fully saturated rings. The lowest BCUT2D eigenvalue weighted by atomic mass is 10.1. The van der Waals surface area contributed by atoms with Crippen LogP contribution in [0.3, 0.4) is 0 Å². The standard InChI is InChI=1S/C21H21F3N2O2/c1-14(25-21(27)5-2-15-10-17(22)3-4-20(15)24)16-11-18(23)13-19(12-16)26-6-8-28-9-7-26/h2-5,10-14H,6-9H2,1H3,(H,25,27). The van der Waals surface area contributed by atoms with E-state index in [1.54, 1.807) is 6.92 Å². The zero-order valence-electron chi connectivity index (χ0n) is 15.4. The van der Waals surface area contributed by atoms with Crippen molar-refractivity contribution in [1.29, 1.82) is 0 Å². The van der Waals surface area contributed by atoms with E-state index in [2.05, 4.69) is 5.32 Å². The van der Waals surface area contributed by atoms with Gasteiger partial charge in [0.05, 0.1) is 19.3 Å². The summed E-state index contributed by atoms with van der Waals surface area (Å²) in [4.78, 5) is 14.2. The van der Waals surface area contributed by atoms with E-state index in [0.29, 0.717) is 31.9 Å². The van der Waals surface area contributed by atoms with Gasteiger partial charge >= 0.3 is 0 Å². The summed E-state index contributed by atoms with van der Waals surface area (Å²) in [5.74, 6) is -2.10. The first kappa shape index (κ1) is 19.9. The Morgan fingerprint density at radius 2 is 1.86 bits per heavy atom. The molecule has 7 heteroatoms. The second-order valence-corrected chi connectivity index (χ2v) is 6.57. The van der Waals surface area contributed by atoms with Gasteiger partial charge in [-0.2, -0.15) is 0 Å². The SMILES string of the molecule is CC(NC(=O)C=Cc1cc(F)ccc1F)c1cc(F)cc(N2CCOCC2)c1. The Hall–Kier alpha value is -2.80. The molecule has 2 aromatic carbocycles. The summed E-state index contributed by atoms with van der Waals surface area (Å²) in [6, 6.07) is 7.19. The molecule has 2 aromatic rings. The largest absolute Gasteiger partial charge is 0.378 e. The number of halogens is 3. The topological polar surface area (TPSA) is 41.6 Å². The molecule has 0 spiro atoms. The van der Waals surface area contributed by atoms with Gasteiger partial charge in [-0.3, -0.25) is 4.79 Å². The lowest BCUT2D eigenvalue weighted by Gasteiger charge is -2.29. The van der Waals surface area contributed by atoms with Gasteiger partial charge in [-0.25, -0.2) is 13.2 Å². The molecule has 1 heterocycles. The number of ether oxygens (including phenoxy) is 1. The van der Waals surface area contributed by atoms with Crippen LogP contribution in [0.5, 0.6) is 0 Å². The minimum Gasteiger partial charge on any atom is -0.378 e. The molecule has 0 saturated carbocycles. The maximum absolute atomic E-state index is 14.1. The second-order valence-electron chi connectivity index (χ2n) is 6.57. The Labute approximate surface area is 161 Å². The van der Waals surface area contributed by atoms with Crippen LogP contribution >= 0.6 is 0 Å². The Kier molecular flexibility index (Phi) is 6.36. The summed E-state index contributed by atoms with van der Waals surface area (Å²) in [6.07, 6.45) is 2.32. The maximum Gasteiger partial charge on any atom is 0.244 e. The van der Waals surface area contributed by atoms with Crippen molar-refractivity contribution in [3.63, 3.8) is 0 Å². The van der Waals surface area contributed by atoms with Crippen molar-refractivity contribution >= 4 is 17.7 Å². The summed E-state index contributed by atoms with van der Waals surface area (Å²) < 4.78 is 46.2. The highest BCUT2D eigenvalue weighted by molar-refractivity contribution is 5.92. The van der Waals surface area contributed by atoms with Crippen molar-refractivity contribution in [2.45, 2.75) is 13.0 Å². The number of nitrogens with zero attached hydrogens (tertiary/aromatic N) is 1. The number of hydrogen-bond acceptors (Lipinski definition) is 3. The monoisotopic (exact) mass is 390 g/mol. The van der Waals surface area contributed by atoms with Crippen molar-refractivity contribution in [1.82, 2.24) is 5.32 Å². The van der Waals surface area contributed by atoms with Crippen LogP contribution in [-0.2, 0) is 9.53 Å². The molecule has 4 nitrogen and oxygen atoms in total. The van der Waals surface area contributed by atoms with Gasteiger partial charge in [-0.1, -0.05) is 0 Å². The highest BCUT2D eigenvalue weighted by Crippen LogP contribution is 2.23. The summed E-state index contributed by atoms with van der Waals surface area (Å²) in [6.45, 7) is 4.24. The molecule has 0 aromatic heterocycles. The highest BCUT2D eigenvalue weighted by atomic mass is 19.1. The van der Waals surface area contributed by atoms with E-state index in [4.69, 9.17) is 4.74 Å². The summed E-state index contributed by atoms with van der Waals surface area (Å²) in [5.41, 5.74) is 1.32. The zero-order valence-corrected chi connectivity index (χ0v) is 15.4. The molecule has 1 unspecified atom stereocenters. The number of carbonyl (C=O) groups is 1. The summed E-state index contributed by atoms with van der Waals surface area (Å²) >= 11 is 0. The van der Waals surface area contributed by atoms with E-state index in [0.717, 1.165) is 30.0 Å². The predicted molar refractivity (Wildman–Crippen MR) is 101 cm³/mol. The summed E-state index contributed by atoms with van der Waals surface area (Å²) in [5, 5.41) is 2.71. The molecule has 1 aliphatic heterocycles. The van der Waals surface area contributed by atoms with Gasteiger partial charge in [0.15, 0.2) is 0 Å². The fourth-order valence-corrected chi connectivity index (χ4v) is 3.00. The van der Waals surface area contributed by atoms with Crippen molar-refractivity contribution in [2.75, 3.05) is 31.2 Å². The van der Waals surface area contributed by atoms with Crippen LogP contribution in [0.15, 0.2) is 42.5 Å². The Balaban J connectivity index is 1.69. The van der Waals surface area contributed by atoms with Crippen LogP contribution < -0.4 is 10.2 Å². The Morgan fingerprint density at radius 1 is 1.11 bits per heavy atom. The van der Waals surface area contributed by atoms with Gasteiger partial charge < -0.3 is 15.0 Å². The summed E-state index contributed by atoms with van der Waals surface area (Å²) in [7, 11) is 0. The fraction of sp³-hybridized carbons (Fsp3) is 0.286. The molecular weight excluding hydrogens is 369 g/mol. The average molecular weight is 390 g/mol. The van der Waals surface area contributed by atoms with Gasteiger partial charge in [0, 0.05) is 30.4 Å². The average Bonchev–Trinajstić information content (AvgIpc) is 2.69. The molecule has 148 valence electrons. The quantitative estimate of drug-likeness (QED) is 0.789. The third-order valence-corrected chi connectivity index (χ3v) is 4.51. The molecular formula is C21H21F3N2O2. The van der Waals surface area contributed by atoms with Crippen molar-refractivity contribution in [3.8, 4) is 0 Å². The molecule has 0 bridgehead atoms.